The van der Waals surface area contributed by atoms with Gasteiger partial charge in [-0.15, -0.1) is 0 Å². The van der Waals surface area contributed by atoms with Crippen molar-refractivity contribution in [1.82, 2.24) is 10.6 Å². The molecule has 1 fully saturated rings. The predicted molar refractivity (Wildman–Crippen MR) is 73.7 cm³/mol. The largest absolute Gasteiger partial charge is 0.350 e. The lowest BCUT2D eigenvalue weighted by Gasteiger charge is -2.30. The summed E-state index contributed by atoms with van der Waals surface area (Å²) in [5, 5.41) is 6.30. The van der Waals surface area contributed by atoms with Gasteiger partial charge in [0.1, 0.15) is 5.82 Å². The van der Waals surface area contributed by atoms with Gasteiger partial charge in [0.15, 0.2) is 0 Å². The van der Waals surface area contributed by atoms with Crippen molar-refractivity contribution in [3.63, 3.8) is 0 Å². The average Bonchev–Trinajstić information content (AvgIpc) is 2.36. The van der Waals surface area contributed by atoms with Gasteiger partial charge in [-0.25, -0.2) is 4.39 Å². The van der Waals surface area contributed by atoms with E-state index in [1.54, 1.807) is 13.0 Å². The maximum atomic E-state index is 13.3. The molecule has 4 heteroatoms. The number of piperidine rings is 1. The number of nitrogens with one attached hydrogen (secondary N) is 2. The van der Waals surface area contributed by atoms with E-state index in [9.17, 15) is 9.18 Å². The van der Waals surface area contributed by atoms with Gasteiger partial charge in [0, 0.05) is 18.2 Å². The molecule has 1 aliphatic heterocycles. The molecule has 19 heavy (non-hydrogen) atoms. The van der Waals surface area contributed by atoms with Crippen LogP contribution in [0.3, 0.4) is 0 Å². The van der Waals surface area contributed by atoms with Gasteiger partial charge in [-0.1, -0.05) is 6.92 Å². The van der Waals surface area contributed by atoms with Gasteiger partial charge in [0.25, 0.3) is 5.91 Å². The van der Waals surface area contributed by atoms with Crippen LogP contribution in [0.5, 0.6) is 0 Å². The van der Waals surface area contributed by atoms with Crippen molar-refractivity contribution >= 4 is 5.91 Å². The molecular weight excluding hydrogens is 243 g/mol. The summed E-state index contributed by atoms with van der Waals surface area (Å²) in [5.74, 6) is -0.0141. The molecule has 1 aromatic carbocycles. The first-order valence-corrected chi connectivity index (χ1v) is 6.85. The highest BCUT2D eigenvalue weighted by Crippen LogP contribution is 2.15. The molecule has 0 bridgehead atoms. The molecule has 2 atom stereocenters. The minimum absolute atomic E-state index is 0.206. The first-order valence-electron chi connectivity index (χ1n) is 6.85. The molecule has 0 radical (unpaired) electrons. The Kier molecular flexibility index (Phi) is 4.53. The van der Waals surface area contributed by atoms with Gasteiger partial charge in [-0.05, 0) is 56.0 Å². The molecular formula is C15H21FN2O. The molecule has 0 spiro atoms. The Morgan fingerprint density at radius 2 is 2.26 bits per heavy atom. The summed E-state index contributed by atoms with van der Waals surface area (Å²) in [4.78, 5) is 12.0. The van der Waals surface area contributed by atoms with Crippen molar-refractivity contribution in [2.24, 2.45) is 5.92 Å². The zero-order chi connectivity index (χ0) is 13.8. The number of benzene rings is 1. The standard InChI is InChI=1S/C15H21FN2O/c1-10-6-12(8-13(16)7-10)15(19)18-9-14-11(2)4-3-5-17-14/h6-8,11,14,17H,3-5,9H2,1-2H3,(H,18,19). The van der Waals surface area contributed by atoms with E-state index in [1.807, 2.05) is 0 Å². The Balaban J connectivity index is 1.93. The third kappa shape index (κ3) is 3.77. The fourth-order valence-electron chi connectivity index (χ4n) is 2.56. The summed E-state index contributed by atoms with van der Waals surface area (Å²) in [7, 11) is 0. The lowest BCUT2D eigenvalue weighted by atomic mass is 9.93. The Labute approximate surface area is 113 Å². The van der Waals surface area contributed by atoms with Gasteiger partial charge in [0.05, 0.1) is 0 Å². The Hall–Kier alpha value is -1.42. The van der Waals surface area contributed by atoms with Crippen LogP contribution in [0.1, 0.15) is 35.7 Å². The van der Waals surface area contributed by atoms with Crippen LogP contribution in [0, 0.1) is 18.7 Å². The lowest BCUT2D eigenvalue weighted by Crippen LogP contribution is -2.47. The van der Waals surface area contributed by atoms with E-state index in [1.165, 1.54) is 25.0 Å². The highest BCUT2D eigenvalue weighted by atomic mass is 19.1. The molecule has 1 saturated heterocycles. The van der Waals surface area contributed by atoms with E-state index in [4.69, 9.17) is 0 Å². The first kappa shape index (κ1) is 14.0. The minimum atomic E-state index is -0.366. The second-order valence-corrected chi connectivity index (χ2v) is 5.41. The molecule has 0 aliphatic carbocycles. The van der Waals surface area contributed by atoms with Crippen LogP contribution in [0.2, 0.25) is 0 Å². The van der Waals surface area contributed by atoms with Crippen molar-refractivity contribution in [3.05, 3.63) is 35.1 Å². The zero-order valence-corrected chi connectivity index (χ0v) is 11.5. The normalized spacial score (nSPS) is 23.1. The zero-order valence-electron chi connectivity index (χ0n) is 11.5. The Morgan fingerprint density at radius 3 is 2.95 bits per heavy atom. The van der Waals surface area contributed by atoms with E-state index in [2.05, 4.69) is 17.6 Å². The molecule has 3 nitrogen and oxygen atoms in total. The number of hydrogen-bond acceptors (Lipinski definition) is 2. The van der Waals surface area contributed by atoms with Crippen LogP contribution in [-0.4, -0.2) is 25.0 Å². The van der Waals surface area contributed by atoms with E-state index < -0.39 is 0 Å². The highest BCUT2D eigenvalue weighted by Gasteiger charge is 2.21. The third-order valence-corrected chi connectivity index (χ3v) is 3.72. The van der Waals surface area contributed by atoms with E-state index in [-0.39, 0.29) is 11.7 Å². The molecule has 2 rings (SSSR count). The van der Waals surface area contributed by atoms with Crippen LogP contribution >= 0.6 is 0 Å². The van der Waals surface area contributed by atoms with Gasteiger partial charge < -0.3 is 10.6 Å². The fraction of sp³-hybridized carbons (Fsp3) is 0.533. The molecule has 2 unspecified atom stereocenters. The summed E-state index contributed by atoms with van der Waals surface area (Å²) >= 11 is 0. The molecule has 2 N–H and O–H groups in total. The second kappa shape index (κ2) is 6.15. The fourth-order valence-corrected chi connectivity index (χ4v) is 2.56. The van der Waals surface area contributed by atoms with E-state index in [0.717, 1.165) is 12.1 Å². The Morgan fingerprint density at radius 1 is 1.47 bits per heavy atom. The average molecular weight is 264 g/mol. The lowest BCUT2D eigenvalue weighted by molar-refractivity contribution is 0.0943. The summed E-state index contributed by atoms with van der Waals surface area (Å²) in [6.45, 7) is 5.57. The van der Waals surface area contributed by atoms with Crippen LogP contribution in [0.25, 0.3) is 0 Å². The number of aryl methyl sites for hydroxylation is 1. The second-order valence-electron chi connectivity index (χ2n) is 5.41. The predicted octanol–water partition coefficient (Wildman–Crippen LogP) is 2.25. The van der Waals surface area contributed by atoms with Gasteiger partial charge >= 0.3 is 0 Å². The quantitative estimate of drug-likeness (QED) is 0.879. The van der Waals surface area contributed by atoms with Crippen molar-refractivity contribution in [2.75, 3.05) is 13.1 Å². The molecule has 1 aromatic rings. The van der Waals surface area contributed by atoms with Crippen molar-refractivity contribution in [1.29, 1.82) is 0 Å². The van der Waals surface area contributed by atoms with Crippen molar-refractivity contribution in [2.45, 2.75) is 32.7 Å². The topological polar surface area (TPSA) is 41.1 Å². The number of halogens is 1. The van der Waals surface area contributed by atoms with Gasteiger partial charge in [-0.2, -0.15) is 0 Å². The molecule has 0 aromatic heterocycles. The van der Waals surface area contributed by atoms with Gasteiger partial charge in [0.2, 0.25) is 0 Å². The highest BCUT2D eigenvalue weighted by molar-refractivity contribution is 5.94. The van der Waals surface area contributed by atoms with Crippen molar-refractivity contribution in [3.8, 4) is 0 Å². The van der Waals surface area contributed by atoms with Crippen LogP contribution in [0.4, 0.5) is 4.39 Å². The summed E-state index contributed by atoms with van der Waals surface area (Å²) in [6, 6.07) is 4.71. The summed E-state index contributed by atoms with van der Waals surface area (Å²) in [5.41, 5.74) is 1.15. The number of carbonyl (C=O) groups excluding carboxylic acids is 1. The third-order valence-electron chi connectivity index (χ3n) is 3.72. The monoisotopic (exact) mass is 264 g/mol. The summed E-state index contributed by atoms with van der Waals surface area (Å²) < 4.78 is 13.3. The number of hydrogen-bond donors (Lipinski definition) is 2. The maximum Gasteiger partial charge on any atom is 0.251 e. The number of rotatable bonds is 3. The van der Waals surface area contributed by atoms with E-state index in [0.29, 0.717) is 24.1 Å². The molecule has 104 valence electrons. The Bertz CT molecular complexity index is 441. The number of carbonyl (C=O) groups is 1. The van der Waals surface area contributed by atoms with Crippen LogP contribution in [0.15, 0.2) is 18.2 Å². The summed E-state index contributed by atoms with van der Waals surface area (Å²) in [6.07, 6.45) is 2.38. The first-order chi connectivity index (χ1) is 9.06. The molecule has 1 amide bonds. The van der Waals surface area contributed by atoms with Crippen LogP contribution < -0.4 is 10.6 Å². The SMILES string of the molecule is Cc1cc(F)cc(C(=O)NCC2NCCCC2C)c1. The molecule has 1 aliphatic rings. The van der Waals surface area contributed by atoms with E-state index >= 15 is 0 Å². The van der Waals surface area contributed by atoms with Gasteiger partial charge in [-0.3, -0.25) is 4.79 Å². The molecule has 1 heterocycles. The maximum absolute atomic E-state index is 13.3. The molecule has 0 saturated carbocycles. The number of amides is 1. The smallest absolute Gasteiger partial charge is 0.251 e. The van der Waals surface area contributed by atoms with Crippen LogP contribution in [-0.2, 0) is 0 Å². The minimum Gasteiger partial charge on any atom is -0.350 e. The van der Waals surface area contributed by atoms with Crippen molar-refractivity contribution < 1.29 is 9.18 Å².